The van der Waals surface area contributed by atoms with Gasteiger partial charge < -0.3 is 10.1 Å². The number of carbonyl (C=O) groups is 1. The zero-order valence-electron chi connectivity index (χ0n) is 12.0. The van der Waals surface area contributed by atoms with Crippen molar-refractivity contribution >= 4 is 22.4 Å². The molecule has 2 rings (SSSR count). The van der Waals surface area contributed by atoms with Gasteiger partial charge in [-0.05, 0) is 32.4 Å². The Morgan fingerprint density at radius 1 is 1.30 bits per heavy atom. The summed E-state index contributed by atoms with van der Waals surface area (Å²) in [6.07, 6.45) is 2.98. The summed E-state index contributed by atoms with van der Waals surface area (Å²) in [6, 6.07) is 7.80. The SMILES string of the molecule is CCOCCCC(=O)Nc1cccc2c(C)nccc12. The summed E-state index contributed by atoms with van der Waals surface area (Å²) in [7, 11) is 0. The fourth-order valence-corrected chi connectivity index (χ4v) is 2.15. The van der Waals surface area contributed by atoms with Gasteiger partial charge in [0, 0.05) is 48.0 Å². The van der Waals surface area contributed by atoms with E-state index in [4.69, 9.17) is 4.74 Å². The molecule has 1 heterocycles. The van der Waals surface area contributed by atoms with E-state index in [9.17, 15) is 4.79 Å². The van der Waals surface area contributed by atoms with Crippen LogP contribution < -0.4 is 5.32 Å². The van der Waals surface area contributed by atoms with Crippen LogP contribution in [-0.2, 0) is 9.53 Å². The van der Waals surface area contributed by atoms with Gasteiger partial charge >= 0.3 is 0 Å². The molecule has 20 heavy (non-hydrogen) atoms. The van der Waals surface area contributed by atoms with Gasteiger partial charge in [0.2, 0.25) is 5.91 Å². The Kier molecular flexibility index (Phi) is 5.07. The van der Waals surface area contributed by atoms with Gasteiger partial charge in [-0.3, -0.25) is 9.78 Å². The average Bonchev–Trinajstić information content (AvgIpc) is 2.45. The number of fused-ring (bicyclic) bond motifs is 1. The second-order valence-electron chi connectivity index (χ2n) is 4.65. The molecule has 0 fully saturated rings. The van der Waals surface area contributed by atoms with Crippen molar-refractivity contribution in [2.24, 2.45) is 0 Å². The second kappa shape index (κ2) is 7.01. The molecule has 0 atom stereocenters. The van der Waals surface area contributed by atoms with Crippen molar-refractivity contribution in [1.29, 1.82) is 0 Å². The monoisotopic (exact) mass is 272 g/mol. The van der Waals surface area contributed by atoms with Gasteiger partial charge in [-0.25, -0.2) is 0 Å². The molecule has 1 N–H and O–H groups in total. The number of nitrogens with one attached hydrogen (secondary N) is 1. The Morgan fingerprint density at radius 3 is 2.95 bits per heavy atom. The predicted octanol–water partition coefficient (Wildman–Crippen LogP) is 3.30. The molecule has 1 aromatic carbocycles. The Balaban J connectivity index is 2.06. The Morgan fingerprint density at radius 2 is 2.15 bits per heavy atom. The van der Waals surface area contributed by atoms with Gasteiger partial charge in [-0.1, -0.05) is 12.1 Å². The molecule has 0 aliphatic rings. The van der Waals surface area contributed by atoms with Crippen molar-refractivity contribution in [3.8, 4) is 0 Å². The number of hydrogen-bond acceptors (Lipinski definition) is 3. The number of rotatable bonds is 6. The Labute approximate surface area is 119 Å². The number of nitrogens with zero attached hydrogens (tertiary/aromatic N) is 1. The first-order valence-corrected chi connectivity index (χ1v) is 6.94. The van der Waals surface area contributed by atoms with E-state index in [1.807, 2.05) is 38.1 Å². The number of amides is 1. The number of aromatic nitrogens is 1. The number of ether oxygens (including phenoxy) is 1. The molecule has 106 valence electrons. The number of benzene rings is 1. The maximum Gasteiger partial charge on any atom is 0.224 e. The van der Waals surface area contributed by atoms with Crippen molar-refractivity contribution in [1.82, 2.24) is 4.98 Å². The lowest BCUT2D eigenvalue weighted by Crippen LogP contribution is -2.12. The molecule has 0 saturated heterocycles. The summed E-state index contributed by atoms with van der Waals surface area (Å²) < 4.78 is 5.23. The van der Waals surface area contributed by atoms with Crippen LogP contribution in [0.15, 0.2) is 30.5 Å². The first-order valence-electron chi connectivity index (χ1n) is 6.94. The molecular weight excluding hydrogens is 252 g/mol. The number of carbonyl (C=O) groups excluding carboxylic acids is 1. The van der Waals surface area contributed by atoms with Crippen molar-refractivity contribution in [3.63, 3.8) is 0 Å². The minimum Gasteiger partial charge on any atom is -0.382 e. The van der Waals surface area contributed by atoms with Gasteiger partial charge in [0.1, 0.15) is 0 Å². The summed E-state index contributed by atoms with van der Waals surface area (Å²) in [5.74, 6) is 0.0201. The van der Waals surface area contributed by atoms with E-state index < -0.39 is 0 Å². The lowest BCUT2D eigenvalue weighted by molar-refractivity contribution is -0.116. The lowest BCUT2D eigenvalue weighted by atomic mass is 10.1. The number of aryl methyl sites for hydroxylation is 1. The maximum atomic E-state index is 11.9. The molecule has 0 spiro atoms. The van der Waals surface area contributed by atoms with Gasteiger partial charge in [0.15, 0.2) is 0 Å². The third-order valence-corrected chi connectivity index (χ3v) is 3.18. The van der Waals surface area contributed by atoms with Gasteiger partial charge in [0.05, 0.1) is 0 Å². The zero-order valence-corrected chi connectivity index (χ0v) is 12.0. The summed E-state index contributed by atoms with van der Waals surface area (Å²) in [5, 5.41) is 5.06. The normalized spacial score (nSPS) is 10.7. The highest BCUT2D eigenvalue weighted by Crippen LogP contribution is 2.24. The largest absolute Gasteiger partial charge is 0.382 e. The molecule has 4 nitrogen and oxygen atoms in total. The van der Waals surface area contributed by atoms with Crippen molar-refractivity contribution in [3.05, 3.63) is 36.2 Å². The Bertz CT molecular complexity index is 596. The van der Waals surface area contributed by atoms with E-state index >= 15 is 0 Å². The molecule has 1 aromatic heterocycles. The van der Waals surface area contributed by atoms with E-state index in [2.05, 4.69) is 10.3 Å². The minimum absolute atomic E-state index is 0.0201. The lowest BCUT2D eigenvalue weighted by Gasteiger charge is -2.09. The number of hydrogen-bond donors (Lipinski definition) is 1. The third kappa shape index (κ3) is 3.54. The Hall–Kier alpha value is -1.94. The molecule has 1 amide bonds. The van der Waals surface area contributed by atoms with Crippen LogP contribution in [0.1, 0.15) is 25.5 Å². The van der Waals surface area contributed by atoms with E-state index in [0.717, 1.165) is 28.6 Å². The summed E-state index contributed by atoms with van der Waals surface area (Å²) >= 11 is 0. The highest BCUT2D eigenvalue weighted by atomic mass is 16.5. The quantitative estimate of drug-likeness (QED) is 0.821. The topological polar surface area (TPSA) is 51.2 Å². The van der Waals surface area contributed by atoms with Crippen LogP contribution in [0.2, 0.25) is 0 Å². The summed E-state index contributed by atoms with van der Waals surface area (Å²) in [4.78, 5) is 16.2. The molecule has 4 heteroatoms. The standard InChI is InChI=1S/C16H20N2O2/c1-3-20-11-5-8-16(19)18-15-7-4-6-13-12(2)17-10-9-14(13)15/h4,6-7,9-10H,3,5,8,11H2,1-2H3,(H,18,19). The molecule has 0 unspecified atom stereocenters. The maximum absolute atomic E-state index is 11.9. The van der Waals surface area contributed by atoms with Crippen molar-refractivity contribution in [2.45, 2.75) is 26.7 Å². The molecule has 2 aromatic rings. The number of pyridine rings is 1. The van der Waals surface area contributed by atoms with Crippen molar-refractivity contribution in [2.75, 3.05) is 18.5 Å². The van der Waals surface area contributed by atoms with E-state index in [0.29, 0.717) is 19.6 Å². The van der Waals surface area contributed by atoms with Crippen LogP contribution in [0.3, 0.4) is 0 Å². The van der Waals surface area contributed by atoms with E-state index in [1.54, 1.807) is 6.20 Å². The van der Waals surface area contributed by atoms with E-state index in [1.165, 1.54) is 0 Å². The van der Waals surface area contributed by atoms with Crippen LogP contribution in [0.25, 0.3) is 10.8 Å². The van der Waals surface area contributed by atoms with Crippen LogP contribution in [0, 0.1) is 6.92 Å². The average molecular weight is 272 g/mol. The second-order valence-corrected chi connectivity index (χ2v) is 4.65. The van der Waals surface area contributed by atoms with E-state index in [-0.39, 0.29) is 5.91 Å². The third-order valence-electron chi connectivity index (χ3n) is 3.18. The molecule has 0 aliphatic carbocycles. The molecular formula is C16H20N2O2. The van der Waals surface area contributed by atoms with Crippen LogP contribution in [0.4, 0.5) is 5.69 Å². The van der Waals surface area contributed by atoms with Crippen LogP contribution >= 0.6 is 0 Å². The van der Waals surface area contributed by atoms with Crippen LogP contribution in [-0.4, -0.2) is 24.1 Å². The van der Waals surface area contributed by atoms with Gasteiger partial charge in [0.25, 0.3) is 0 Å². The summed E-state index contributed by atoms with van der Waals surface area (Å²) in [5.41, 5.74) is 1.81. The molecule has 0 radical (unpaired) electrons. The fraction of sp³-hybridized carbons (Fsp3) is 0.375. The van der Waals surface area contributed by atoms with Crippen LogP contribution in [0.5, 0.6) is 0 Å². The molecule has 0 bridgehead atoms. The highest BCUT2D eigenvalue weighted by molar-refractivity contribution is 6.02. The predicted molar refractivity (Wildman–Crippen MR) is 80.8 cm³/mol. The zero-order chi connectivity index (χ0) is 14.4. The highest BCUT2D eigenvalue weighted by Gasteiger charge is 2.07. The molecule has 0 saturated carbocycles. The first-order chi connectivity index (χ1) is 9.72. The van der Waals surface area contributed by atoms with Gasteiger partial charge in [-0.15, -0.1) is 0 Å². The van der Waals surface area contributed by atoms with Crippen molar-refractivity contribution < 1.29 is 9.53 Å². The smallest absolute Gasteiger partial charge is 0.224 e. The van der Waals surface area contributed by atoms with Gasteiger partial charge in [-0.2, -0.15) is 0 Å². The molecule has 0 aliphatic heterocycles. The fourth-order valence-electron chi connectivity index (χ4n) is 2.15. The minimum atomic E-state index is 0.0201. The summed E-state index contributed by atoms with van der Waals surface area (Å²) in [6.45, 7) is 5.24. The number of anilines is 1. The first kappa shape index (κ1) is 14.5.